The van der Waals surface area contributed by atoms with E-state index in [4.69, 9.17) is 31.2 Å². The third-order valence-corrected chi connectivity index (χ3v) is 1.92. The van der Waals surface area contributed by atoms with Crippen molar-refractivity contribution in [3.05, 3.63) is 0 Å². The summed E-state index contributed by atoms with van der Waals surface area (Å²) in [7, 11) is 0. The summed E-state index contributed by atoms with van der Waals surface area (Å²) in [6.45, 7) is 1.93. The van der Waals surface area contributed by atoms with E-state index in [1.807, 2.05) is 12.1 Å². The third kappa shape index (κ3) is 10.9. The second-order valence-corrected chi connectivity index (χ2v) is 3.41. The van der Waals surface area contributed by atoms with Gasteiger partial charge in [0.1, 0.15) is 6.10 Å². The molecule has 98 valence electrons. The Morgan fingerprint density at radius 1 is 0.889 bits per heavy atom. The molecule has 0 rings (SSSR count). The largest absolute Gasteiger partial charge is 0.378 e. The number of rotatable bonds is 11. The maximum Gasteiger partial charge on any atom is 0.104 e. The zero-order chi connectivity index (χ0) is 13.5. The van der Waals surface area contributed by atoms with Gasteiger partial charge >= 0.3 is 0 Å². The standard InChI is InChI=1S/C13H18N2O3/c1-2-3-10-18-13(11-16-8-4-6-14)12-17-9-5-7-15/h1,13H,3-5,8-12H2. The lowest BCUT2D eigenvalue weighted by molar-refractivity contribution is -0.0569. The number of hydrogen-bond donors (Lipinski definition) is 0. The second-order valence-electron chi connectivity index (χ2n) is 3.41. The summed E-state index contributed by atoms with van der Waals surface area (Å²) in [5.74, 6) is 2.48. The quantitative estimate of drug-likeness (QED) is 0.407. The van der Waals surface area contributed by atoms with Crippen LogP contribution >= 0.6 is 0 Å². The number of nitriles is 2. The first kappa shape index (κ1) is 16.4. The van der Waals surface area contributed by atoms with Crippen molar-refractivity contribution in [2.24, 2.45) is 0 Å². The van der Waals surface area contributed by atoms with E-state index in [2.05, 4.69) is 5.92 Å². The molecule has 0 amide bonds. The van der Waals surface area contributed by atoms with E-state index < -0.39 is 0 Å². The molecule has 0 atom stereocenters. The molecule has 0 aromatic rings. The molecular weight excluding hydrogens is 232 g/mol. The van der Waals surface area contributed by atoms with E-state index in [-0.39, 0.29) is 6.10 Å². The predicted molar refractivity (Wildman–Crippen MR) is 65.3 cm³/mol. The Hall–Kier alpha value is -1.58. The van der Waals surface area contributed by atoms with Crippen molar-refractivity contribution in [2.75, 3.05) is 33.0 Å². The van der Waals surface area contributed by atoms with Gasteiger partial charge in [0.15, 0.2) is 0 Å². The van der Waals surface area contributed by atoms with E-state index in [9.17, 15) is 0 Å². The molecule has 0 aliphatic heterocycles. The summed E-state index contributed by atoms with van der Waals surface area (Å²) in [4.78, 5) is 0. The van der Waals surface area contributed by atoms with E-state index in [1.54, 1.807) is 0 Å². The molecule has 18 heavy (non-hydrogen) atoms. The van der Waals surface area contributed by atoms with Gasteiger partial charge in [0, 0.05) is 6.42 Å². The Morgan fingerprint density at radius 3 is 1.89 bits per heavy atom. The normalized spacial score (nSPS) is 9.67. The highest BCUT2D eigenvalue weighted by Gasteiger charge is 2.09. The Balaban J connectivity index is 3.74. The molecule has 0 saturated carbocycles. The molecule has 0 bridgehead atoms. The predicted octanol–water partition coefficient (Wildman–Crippen LogP) is 1.26. The number of terminal acetylenes is 1. The summed E-state index contributed by atoms with van der Waals surface area (Å²) in [6.07, 6.45) is 6.16. The van der Waals surface area contributed by atoms with Crippen molar-refractivity contribution < 1.29 is 14.2 Å². The summed E-state index contributed by atoms with van der Waals surface area (Å²) in [5.41, 5.74) is 0. The molecule has 0 heterocycles. The van der Waals surface area contributed by atoms with E-state index in [1.165, 1.54) is 0 Å². The highest BCUT2D eigenvalue weighted by Crippen LogP contribution is 1.98. The Morgan fingerprint density at radius 2 is 1.44 bits per heavy atom. The summed E-state index contributed by atoms with van der Waals surface area (Å²) in [5, 5.41) is 16.7. The highest BCUT2D eigenvalue weighted by atomic mass is 16.6. The molecule has 0 aromatic carbocycles. The molecule has 0 aromatic heterocycles. The number of nitrogens with zero attached hydrogens (tertiary/aromatic N) is 2. The van der Waals surface area contributed by atoms with Gasteiger partial charge in [-0.3, -0.25) is 0 Å². The first-order valence-corrected chi connectivity index (χ1v) is 5.79. The zero-order valence-electron chi connectivity index (χ0n) is 10.4. The average molecular weight is 250 g/mol. The van der Waals surface area contributed by atoms with Crippen molar-refractivity contribution in [3.63, 3.8) is 0 Å². The fourth-order valence-electron chi connectivity index (χ4n) is 1.09. The van der Waals surface area contributed by atoms with Gasteiger partial charge in [0.2, 0.25) is 0 Å². The van der Waals surface area contributed by atoms with Gasteiger partial charge in [-0.15, -0.1) is 12.3 Å². The molecule has 0 spiro atoms. The maximum absolute atomic E-state index is 8.37. The van der Waals surface area contributed by atoms with Gasteiger partial charge in [-0.25, -0.2) is 0 Å². The first-order valence-electron chi connectivity index (χ1n) is 5.79. The van der Waals surface area contributed by atoms with E-state index >= 15 is 0 Å². The van der Waals surface area contributed by atoms with Gasteiger partial charge in [-0.1, -0.05) is 0 Å². The Bertz CT molecular complexity index is 290. The molecule has 0 fully saturated rings. The monoisotopic (exact) mass is 250 g/mol. The lowest BCUT2D eigenvalue weighted by Gasteiger charge is -2.17. The molecule has 0 radical (unpaired) electrons. The van der Waals surface area contributed by atoms with Crippen molar-refractivity contribution in [3.8, 4) is 24.5 Å². The molecule has 0 aliphatic carbocycles. The lowest BCUT2D eigenvalue weighted by atomic mass is 10.4. The SMILES string of the molecule is C#CCCOC(COCCC#N)COCCC#N. The van der Waals surface area contributed by atoms with Crippen LogP contribution in [0, 0.1) is 35.0 Å². The zero-order valence-corrected chi connectivity index (χ0v) is 10.4. The fraction of sp³-hybridized carbons (Fsp3) is 0.692. The topological polar surface area (TPSA) is 75.3 Å². The Labute approximate surface area is 108 Å². The molecule has 5 heteroatoms. The van der Waals surface area contributed by atoms with Crippen LogP contribution in [0.25, 0.3) is 0 Å². The highest BCUT2D eigenvalue weighted by molar-refractivity contribution is 4.83. The molecular formula is C13H18N2O3. The van der Waals surface area contributed by atoms with Crippen LogP contribution in [-0.2, 0) is 14.2 Å². The van der Waals surface area contributed by atoms with Crippen LogP contribution in [0.15, 0.2) is 0 Å². The summed E-state index contributed by atoms with van der Waals surface area (Å²) in [6, 6.07) is 3.99. The number of ether oxygens (including phenoxy) is 3. The third-order valence-electron chi connectivity index (χ3n) is 1.92. The lowest BCUT2D eigenvalue weighted by Crippen LogP contribution is -2.26. The fourth-order valence-corrected chi connectivity index (χ4v) is 1.09. The van der Waals surface area contributed by atoms with Crippen molar-refractivity contribution in [1.82, 2.24) is 0 Å². The number of hydrogen-bond acceptors (Lipinski definition) is 5. The smallest absolute Gasteiger partial charge is 0.104 e. The van der Waals surface area contributed by atoms with E-state index in [0.717, 1.165) is 0 Å². The van der Waals surface area contributed by atoms with Crippen LogP contribution in [0.4, 0.5) is 0 Å². The van der Waals surface area contributed by atoms with Gasteiger partial charge in [0.05, 0.1) is 58.0 Å². The Kier molecular flexibility index (Phi) is 12.3. The van der Waals surface area contributed by atoms with Crippen molar-refractivity contribution in [2.45, 2.75) is 25.4 Å². The minimum atomic E-state index is -0.212. The van der Waals surface area contributed by atoms with Crippen LogP contribution in [0.1, 0.15) is 19.3 Å². The molecule has 0 N–H and O–H groups in total. The van der Waals surface area contributed by atoms with Gasteiger partial charge in [0.25, 0.3) is 0 Å². The minimum absolute atomic E-state index is 0.212. The van der Waals surface area contributed by atoms with Crippen molar-refractivity contribution in [1.29, 1.82) is 10.5 Å². The van der Waals surface area contributed by atoms with Crippen LogP contribution in [0.5, 0.6) is 0 Å². The molecule has 0 aliphatic rings. The van der Waals surface area contributed by atoms with E-state index in [0.29, 0.717) is 52.3 Å². The van der Waals surface area contributed by atoms with Gasteiger partial charge in [-0.05, 0) is 0 Å². The van der Waals surface area contributed by atoms with Crippen LogP contribution in [-0.4, -0.2) is 39.1 Å². The van der Waals surface area contributed by atoms with Gasteiger partial charge < -0.3 is 14.2 Å². The minimum Gasteiger partial charge on any atom is -0.378 e. The summed E-state index contributed by atoms with van der Waals surface area (Å²) < 4.78 is 16.0. The van der Waals surface area contributed by atoms with Crippen LogP contribution in [0.2, 0.25) is 0 Å². The molecule has 5 nitrogen and oxygen atoms in total. The van der Waals surface area contributed by atoms with Crippen LogP contribution in [0.3, 0.4) is 0 Å². The molecule has 0 unspecified atom stereocenters. The average Bonchev–Trinajstić information content (AvgIpc) is 2.39. The van der Waals surface area contributed by atoms with Crippen molar-refractivity contribution >= 4 is 0 Å². The summed E-state index contributed by atoms with van der Waals surface area (Å²) >= 11 is 0. The first-order chi connectivity index (χ1) is 8.85. The second kappa shape index (κ2) is 13.5. The maximum atomic E-state index is 8.37. The molecule has 0 saturated heterocycles. The van der Waals surface area contributed by atoms with Gasteiger partial charge in [-0.2, -0.15) is 10.5 Å². The van der Waals surface area contributed by atoms with Crippen LogP contribution < -0.4 is 0 Å².